The summed E-state index contributed by atoms with van der Waals surface area (Å²) >= 11 is 0. The number of likely N-dealkylation sites (tertiary alicyclic amines) is 1. The fraction of sp³-hybridized carbons (Fsp3) is 0.700. The largest absolute Gasteiger partial charge is 0.377 e. The lowest BCUT2D eigenvalue weighted by Crippen LogP contribution is -2.45. The minimum atomic E-state index is -0.860. The molecule has 1 N–H and O–H groups in total. The highest BCUT2D eigenvalue weighted by molar-refractivity contribution is 5.73. The molecule has 0 aliphatic carbocycles. The average molecular weight is 181 g/mol. The molecule has 1 aliphatic heterocycles. The van der Waals surface area contributed by atoms with Gasteiger partial charge in [-0.15, -0.1) is 5.92 Å². The van der Waals surface area contributed by atoms with Gasteiger partial charge in [-0.2, -0.15) is 0 Å². The van der Waals surface area contributed by atoms with Crippen molar-refractivity contribution in [3.05, 3.63) is 0 Å². The molecule has 0 bridgehead atoms. The Morgan fingerprint density at radius 3 is 2.38 bits per heavy atom. The van der Waals surface area contributed by atoms with Crippen molar-refractivity contribution < 1.29 is 9.90 Å². The van der Waals surface area contributed by atoms with Gasteiger partial charge in [-0.25, -0.2) is 0 Å². The van der Waals surface area contributed by atoms with Gasteiger partial charge in [0.25, 0.3) is 0 Å². The molecule has 1 fully saturated rings. The maximum absolute atomic E-state index is 11.0. The van der Waals surface area contributed by atoms with E-state index in [9.17, 15) is 9.90 Å². The molecule has 0 aromatic carbocycles. The van der Waals surface area contributed by atoms with E-state index in [0.717, 1.165) is 0 Å². The number of aliphatic hydroxyl groups is 1. The van der Waals surface area contributed by atoms with E-state index in [1.54, 1.807) is 18.7 Å². The number of hydrogen-bond donors (Lipinski definition) is 1. The van der Waals surface area contributed by atoms with Gasteiger partial charge in [-0.05, 0) is 6.92 Å². The lowest BCUT2D eigenvalue weighted by atomic mass is 9.92. The van der Waals surface area contributed by atoms with Crippen LogP contribution in [0.1, 0.15) is 26.7 Å². The monoisotopic (exact) mass is 181 g/mol. The molecule has 1 aliphatic rings. The summed E-state index contributed by atoms with van der Waals surface area (Å²) in [5.41, 5.74) is -0.860. The van der Waals surface area contributed by atoms with Crippen LogP contribution in [0.15, 0.2) is 0 Å². The minimum Gasteiger partial charge on any atom is -0.377 e. The van der Waals surface area contributed by atoms with Crippen molar-refractivity contribution in [1.82, 2.24) is 4.90 Å². The number of nitrogens with zero attached hydrogens (tertiary/aromatic N) is 1. The van der Waals surface area contributed by atoms with E-state index >= 15 is 0 Å². The summed E-state index contributed by atoms with van der Waals surface area (Å²) in [7, 11) is 0. The molecule has 13 heavy (non-hydrogen) atoms. The molecular weight excluding hydrogens is 166 g/mol. The van der Waals surface area contributed by atoms with Crippen molar-refractivity contribution in [2.45, 2.75) is 32.3 Å². The highest BCUT2D eigenvalue weighted by Gasteiger charge is 2.30. The Labute approximate surface area is 78.7 Å². The molecule has 0 saturated carbocycles. The second-order valence-electron chi connectivity index (χ2n) is 3.41. The fourth-order valence-corrected chi connectivity index (χ4v) is 1.55. The van der Waals surface area contributed by atoms with E-state index < -0.39 is 5.60 Å². The third kappa shape index (κ3) is 2.46. The van der Waals surface area contributed by atoms with Crippen LogP contribution in [0.4, 0.5) is 0 Å². The van der Waals surface area contributed by atoms with E-state index in [1.807, 2.05) is 0 Å². The molecule has 0 unspecified atom stereocenters. The molecule has 3 nitrogen and oxygen atoms in total. The summed E-state index contributed by atoms with van der Waals surface area (Å²) in [5, 5.41) is 9.86. The molecule has 0 aromatic heterocycles. The van der Waals surface area contributed by atoms with Gasteiger partial charge in [-0.1, -0.05) is 5.92 Å². The van der Waals surface area contributed by atoms with E-state index in [2.05, 4.69) is 11.8 Å². The number of carbonyl (C=O) groups is 1. The van der Waals surface area contributed by atoms with Gasteiger partial charge in [0.1, 0.15) is 5.60 Å². The molecular formula is C10H15NO2. The predicted molar refractivity (Wildman–Crippen MR) is 49.9 cm³/mol. The zero-order valence-corrected chi connectivity index (χ0v) is 8.13. The van der Waals surface area contributed by atoms with Crippen LogP contribution in [0.2, 0.25) is 0 Å². The Kier molecular flexibility index (Phi) is 2.94. The van der Waals surface area contributed by atoms with Crippen LogP contribution in [0.25, 0.3) is 0 Å². The lowest BCUT2D eigenvalue weighted by Gasteiger charge is -2.34. The van der Waals surface area contributed by atoms with E-state index in [-0.39, 0.29) is 5.91 Å². The molecule has 0 spiro atoms. The van der Waals surface area contributed by atoms with Crippen molar-refractivity contribution >= 4 is 5.91 Å². The minimum absolute atomic E-state index is 0.0755. The number of piperidine rings is 1. The first kappa shape index (κ1) is 10.1. The molecule has 1 saturated heterocycles. The van der Waals surface area contributed by atoms with Crippen LogP contribution in [-0.2, 0) is 4.79 Å². The van der Waals surface area contributed by atoms with Crippen molar-refractivity contribution in [2.75, 3.05) is 13.1 Å². The summed E-state index contributed by atoms with van der Waals surface area (Å²) in [5.74, 6) is 5.58. The Morgan fingerprint density at radius 2 is 2.00 bits per heavy atom. The van der Waals surface area contributed by atoms with Gasteiger partial charge in [0.15, 0.2) is 0 Å². The van der Waals surface area contributed by atoms with Crippen LogP contribution in [0.3, 0.4) is 0 Å². The normalized spacial score (nSPS) is 20.4. The first-order valence-electron chi connectivity index (χ1n) is 4.49. The Balaban J connectivity index is 2.54. The Bertz CT molecular complexity index is 254. The Morgan fingerprint density at radius 1 is 1.46 bits per heavy atom. The quantitative estimate of drug-likeness (QED) is 0.549. The molecule has 1 heterocycles. The predicted octanol–water partition coefficient (Wildman–Crippen LogP) is 0.383. The Hall–Kier alpha value is -1.01. The zero-order valence-electron chi connectivity index (χ0n) is 8.13. The van der Waals surface area contributed by atoms with Crippen LogP contribution >= 0.6 is 0 Å². The highest BCUT2D eigenvalue weighted by Crippen LogP contribution is 2.21. The molecule has 0 radical (unpaired) electrons. The van der Waals surface area contributed by atoms with Crippen molar-refractivity contribution in [2.24, 2.45) is 0 Å². The number of hydrogen-bond acceptors (Lipinski definition) is 2. The smallest absolute Gasteiger partial charge is 0.219 e. The van der Waals surface area contributed by atoms with E-state index in [0.29, 0.717) is 25.9 Å². The van der Waals surface area contributed by atoms with Crippen LogP contribution in [-0.4, -0.2) is 34.6 Å². The van der Waals surface area contributed by atoms with Crippen molar-refractivity contribution in [3.63, 3.8) is 0 Å². The zero-order chi connectivity index (χ0) is 9.90. The van der Waals surface area contributed by atoms with Gasteiger partial charge < -0.3 is 10.0 Å². The molecule has 72 valence electrons. The molecule has 0 atom stereocenters. The topological polar surface area (TPSA) is 40.5 Å². The van der Waals surface area contributed by atoms with Crippen LogP contribution in [0, 0.1) is 11.8 Å². The van der Waals surface area contributed by atoms with Gasteiger partial charge >= 0.3 is 0 Å². The van der Waals surface area contributed by atoms with Gasteiger partial charge in [0, 0.05) is 32.9 Å². The van der Waals surface area contributed by atoms with Gasteiger partial charge in [0.05, 0.1) is 0 Å². The van der Waals surface area contributed by atoms with Crippen LogP contribution in [0.5, 0.6) is 0 Å². The maximum atomic E-state index is 11.0. The van der Waals surface area contributed by atoms with Crippen molar-refractivity contribution in [1.29, 1.82) is 0 Å². The SMILES string of the molecule is CC#CC1(O)CCN(C(C)=O)CC1. The number of amides is 1. The van der Waals surface area contributed by atoms with Crippen molar-refractivity contribution in [3.8, 4) is 11.8 Å². The van der Waals surface area contributed by atoms with E-state index in [4.69, 9.17) is 0 Å². The fourth-order valence-electron chi connectivity index (χ4n) is 1.55. The summed E-state index contributed by atoms with van der Waals surface area (Å²) in [4.78, 5) is 12.7. The van der Waals surface area contributed by atoms with E-state index in [1.165, 1.54) is 0 Å². The third-order valence-corrected chi connectivity index (χ3v) is 2.39. The third-order valence-electron chi connectivity index (χ3n) is 2.39. The lowest BCUT2D eigenvalue weighted by molar-refractivity contribution is -0.131. The molecule has 0 aromatic rings. The van der Waals surface area contributed by atoms with Gasteiger partial charge in [0.2, 0.25) is 5.91 Å². The standard InChI is InChI=1S/C10H15NO2/c1-3-4-10(13)5-7-11(8-6-10)9(2)12/h13H,5-8H2,1-2H3. The number of carbonyl (C=O) groups excluding carboxylic acids is 1. The molecule has 3 heteroatoms. The summed E-state index contributed by atoms with van der Waals surface area (Å²) in [6, 6.07) is 0. The molecule has 1 amide bonds. The summed E-state index contributed by atoms with van der Waals surface area (Å²) in [6.45, 7) is 4.49. The molecule has 1 rings (SSSR count). The highest BCUT2D eigenvalue weighted by atomic mass is 16.3. The first-order chi connectivity index (χ1) is 6.07. The second kappa shape index (κ2) is 3.80. The second-order valence-corrected chi connectivity index (χ2v) is 3.41. The first-order valence-corrected chi connectivity index (χ1v) is 4.49. The van der Waals surface area contributed by atoms with Crippen LogP contribution < -0.4 is 0 Å². The number of rotatable bonds is 0. The summed E-state index contributed by atoms with van der Waals surface area (Å²) in [6.07, 6.45) is 1.13. The average Bonchev–Trinajstić information content (AvgIpc) is 2.05. The summed E-state index contributed by atoms with van der Waals surface area (Å²) < 4.78 is 0. The van der Waals surface area contributed by atoms with Gasteiger partial charge in [-0.3, -0.25) is 4.79 Å². The maximum Gasteiger partial charge on any atom is 0.219 e.